The second-order valence-corrected chi connectivity index (χ2v) is 7.42. The molecule has 1 amide bonds. The van der Waals surface area contributed by atoms with E-state index in [1.165, 1.54) is 11.8 Å². The van der Waals surface area contributed by atoms with Crippen LogP contribution in [0.25, 0.3) is 0 Å². The first-order valence-electron chi connectivity index (χ1n) is 7.35. The molecule has 0 saturated heterocycles. The molecule has 0 bridgehead atoms. The first kappa shape index (κ1) is 18.1. The van der Waals surface area contributed by atoms with Crippen molar-refractivity contribution in [2.45, 2.75) is 5.75 Å². The maximum atomic E-state index is 11.8. The number of nitrogens with zero attached hydrogens (tertiary/aromatic N) is 1. The molecule has 0 unspecified atom stereocenters. The Morgan fingerprint density at radius 2 is 2.00 bits per heavy atom. The van der Waals surface area contributed by atoms with Gasteiger partial charge in [0.15, 0.2) is 11.5 Å². The molecule has 1 aliphatic heterocycles. The second kappa shape index (κ2) is 8.60. The summed E-state index contributed by atoms with van der Waals surface area (Å²) in [7, 11) is 0. The molecule has 25 heavy (non-hydrogen) atoms. The number of benzene rings is 2. The van der Waals surface area contributed by atoms with E-state index in [2.05, 4.69) is 26.5 Å². The first-order chi connectivity index (χ1) is 12.1. The summed E-state index contributed by atoms with van der Waals surface area (Å²) in [5, 5.41) is 4.69. The van der Waals surface area contributed by atoms with Crippen LogP contribution in [0.5, 0.6) is 11.5 Å². The number of carbonyl (C=O) groups is 1. The van der Waals surface area contributed by atoms with Crippen LogP contribution in [-0.4, -0.2) is 24.7 Å². The van der Waals surface area contributed by atoms with E-state index >= 15 is 0 Å². The third kappa shape index (κ3) is 5.14. The van der Waals surface area contributed by atoms with E-state index in [-0.39, 0.29) is 12.7 Å². The van der Waals surface area contributed by atoms with Crippen LogP contribution in [0.4, 0.5) is 0 Å². The molecule has 5 nitrogen and oxygen atoms in total. The van der Waals surface area contributed by atoms with Gasteiger partial charge in [-0.05, 0) is 45.8 Å². The highest BCUT2D eigenvalue weighted by molar-refractivity contribution is 9.10. The first-order valence-corrected chi connectivity index (χ1v) is 9.67. The fraction of sp³-hybridized carbons (Fsp3) is 0.176. The van der Waals surface area contributed by atoms with Gasteiger partial charge in [0.2, 0.25) is 12.7 Å². The Labute approximate surface area is 162 Å². The number of carbonyl (C=O) groups excluding carboxylic acids is 1. The molecule has 0 atom stereocenters. The number of thioether (sulfide) groups is 1. The fourth-order valence-corrected chi connectivity index (χ4v) is 3.41. The van der Waals surface area contributed by atoms with E-state index in [4.69, 9.17) is 21.1 Å². The molecule has 130 valence electrons. The number of hydrogen-bond acceptors (Lipinski definition) is 5. The molecule has 0 spiro atoms. The number of amides is 1. The van der Waals surface area contributed by atoms with E-state index in [1.807, 2.05) is 30.3 Å². The van der Waals surface area contributed by atoms with Crippen molar-refractivity contribution in [3.63, 3.8) is 0 Å². The minimum atomic E-state index is -0.160. The number of ether oxygens (including phenoxy) is 2. The Morgan fingerprint density at radius 3 is 2.76 bits per heavy atom. The van der Waals surface area contributed by atoms with E-state index in [0.29, 0.717) is 22.3 Å². The van der Waals surface area contributed by atoms with Crippen LogP contribution < -0.4 is 14.9 Å². The van der Waals surface area contributed by atoms with E-state index in [9.17, 15) is 4.79 Å². The zero-order valence-electron chi connectivity index (χ0n) is 13.0. The maximum Gasteiger partial charge on any atom is 0.250 e. The van der Waals surface area contributed by atoms with Crippen molar-refractivity contribution in [2.75, 3.05) is 12.5 Å². The van der Waals surface area contributed by atoms with Gasteiger partial charge in [-0.1, -0.05) is 23.7 Å². The van der Waals surface area contributed by atoms with Crippen LogP contribution in [0.3, 0.4) is 0 Å². The highest BCUT2D eigenvalue weighted by Crippen LogP contribution is 2.36. The topological polar surface area (TPSA) is 59.9 Å². The highest BCUT2D eigenvalue weighted by Gasteiger charge is 2.15. The molecule has 0 saturated carbocycles. The molecule has 1 N–H and O–H groups in total. The summed E-state index contributed by atoms with van der Waals surface area (Å²) in [5.74, 6) is 2.25. The third-order valence-corrected chi connectivity index (χ3v) is 5.24. The van der Waals surface area contributed by atoms with Gasteiger partial charge < -0.3 is 9.47 Å². The molecule has 2 aromatic rings. The van der Waals surface area contributed by atoms with Gasteiger partial charge in [-0.2, -0.15) is 5.10 Å². The lowest BCUT2D eigenvalue weighted by atomic mass is 10.2. The monoisotopic (exact) mass is 440 g/mol. The van der Waals surface area contributed by atoms with Crippen molar-refractivity contribution in [3.8, 4) is 11.5 Å². The SMILES string of the molecule is O=C(CSCc1ccc(Cl)cc1)NN=Cc1cc2c(cc1Br)OCO2. The summed E-state index contributed by atoms with van der Waals surface area (Å²) < 4.78 is 11.4. The largest absolute Gasteiger partial charge is 0.454 e. The number of hydrazone groups is 1. The average molecular weight is 442 g/mol. The lowest BCUT2D eigenvalue weighted by Gasteiger charge is -2.03. The average Bonchev–Trinajstić information content (AvgIpc) is 3.04. The summed E-state index contributed by atoms with van der Waals surface area (Å²) in [6.45, 7) is 0.212. The lowest BCUT2D eigenvalue weighted by molar-refractivity contribution is -0.118. The standard InChI is InChI=1S/C17H14BrClN2O3S/c18-14-6-16-15(23-10-24-16)5-12(14)7-20-21-17(22)9-25-8-11-1-3-13(19)4-2-11/h1-7H,8-10H2,(H,21,22). The molecule has 0 aliphatic carbocycles. The van der Waals surface area contributed by atoms with E-state index in [0.717, 1.165) is 21.4 Å². The number of rotatable bonds is 6. The van der Waals surface area contributed by atoms with Crippen LogP contribution in [0, 0.1) is 0 Å². The number of halogens is 2. The predicted molar refractivity (Wildman–Crippen MR) is 104 cm³/mol. The van der Waals surface area contributed by atoms with Crippen molar-refractivity contribution in [1.29, 1.82) is 0 Å². The Bertz CT molecular complexity index is 799. The van der Waals surface area contributed by atoms with E-state index < -0.39 is 0 Å². The van der Waals surface area contributed by atoms with Crippen molar-refractivity contribution in [1.82, 2.24) is 5.43 Å². The van der Waals surface area contributed by atoms with Crippen LogP contribution in [0.2, 0.25) is 5.02 Å². The van der Waals surface area contributed by atoms with Crippen molar-refractivity contribution in [2.24, 2.45) is 5.10 Å². The Balaban J connectivity index is 1.46. The van der Waals surface area contributed by atoms with Crippen molar-refractivity contribution in [3.05, 3.63) is 57.0 Å². The fourth-order valence-electron chi connectivity index (χ4n) is 2.08. The van der Waals surface area contributed by atoms with Gasteiger partial charge in [0, 0.05) is 20.8 Å². The zero-order valence-corrected chi connectivity index (χ0v) is 16.2. The normalized spacial score (nSPS) is 12.6. The van der Waals surface area contributed by atoms with Gasteiger partial charge in [-0.15, -0.1) is 11.8 Å². The Morgan fingerprint density at radius 1 is 1.28 bits per heavy atom. The third-order valence-electron chi connectivity index (χ3n) is 3.30. The molecule has 1 heterocycles. The Hall–Kier alpha value is -1.70. The van der Waals surface area contributed by atoms with Crippen LogP contribution >= 0.6 is 39.3 Å². The van der Waals surface area contributed by atoms with Crippen LogP contribution in [0.15, 0.2) is 46.0 Å². The van der Waals surface area contributed by atoms with Gasteiger partial charge >= 0.3 is 0 Å². The van der Waals surface area contributed by atoms with Crippen LogP contribution in [-0.2, 0) is 10.5 Å². The minimum Gasteiger partial charge on any atom is -0.454 e. The molecule has 2 aromatic carbocycles. The molecule has 1 aliphatic rings. The van der Waals surface area contributed by atoms with Gasteiger partial charge in [-0.25, -0.2) is 5.43 Å². The molecule has 8 heteroatoms. The highest BCUT2D eigenvalue weighted by atomic mass is 79.9. The van der Waals surface area contributed by atoms with Gasteiger partial charge in [-0.3, -0.25) is 4.79 Å². The summed E-state index contributed by atoms with van der Waals surface area (Å²) in [4.78, 5) is 11.8. The molecule has 3 rings (SSSR count). The van der Waals surface area contributed by atoms with E-state index in [1.54, 1.807) is 12.3 Å². The van der Waals surface area contributed by atoms with Crippen molar-refractivity contribution >= 4 is 51.4 Å². The smallest absolute Gasteiger partial charge is 0.250 e. The maximum absolute atomic E-state index is 11.8. The quantitative estimate of drug-likeness (QED) is 0.539. The predicted octanol–water partition coefficient (Wildman–Crippen LogP) is 4.21. The molecule has 0 aromatic heterocycles. The Kier molecular flexibility index (Phi) is 6.23. The lowest BCUT2D eigenvalue weighted by Crippen LogP contribution is -2.19. The summed E-state index contributed by atoms with van der Waals surface area (Å²) in [6, 6.07) is 11.2. The van der Waals surface area contributed by atoms with Gasteiger partial charge in [0.25, 0.3) is 0 Å². The summed E-state index contributed by atoms with van der Waals surface area (Å²) in [5.41, 5.74) is 4.43. The zero-order chi connectivity index (χ0) is 17.6. The molecule has 0 fully saturated rings. The van der Waals surface area contributed by atoms with Gasteiger partial charge in [0.05, 0.1) is 12.0 Å². The molecular formula is C17H14BrClN2O3S. The van der Waals surface area contributed by atoms with Crippen LogP contribution in [0.1, 0.15) is 11.1 Å². The number of fused-ring (bicyclic) bond motifs is 1. The van der Waals surface area contributed by atoms with Gasteiger partial charge in [0.1, 0.15) is 0 Å². The molecular weight excluding hydrogens is 428 g/mol. The number of nitrogens with one attached hydrogen (secondary N) is 1. The van der Waals surface area contributed by atoms with Crippen molar-refractivity contribution < 1.29 is 14.3 Å². The summed E-state index contributed by atoms with van der Waals surface area (Å²) in [6.07, 6.45) is 1.56. The summed E-state index contributed by atoms with van der Waals surface area (Å²) >= 11 is 10.8. The minimum absolute atomic E-state index is 0.160. The second-order valence-electron chi connectivity index (χ2n) is 5.14. The molecule has 0 radical (unpaired) electrons. The number of hydrogen-bond donors (Lipinski definition) is 1.